The van der Waals surface area contributed by atoms with E-state index in [1.54, 1.807) is 25.6 Å². The molecule has 1 aromatic heterocycles. The summed E-state index contributed by atoms with van der Waals surface area (Å²) in [5.74, 6) is -3.25. The molecule has 3 saturated heterocycles. The number of fused-ring (bicyclic) bond motifs is 3. The molecule has 2 aromatic carbocycles. The summed E-state index contributed by atoms with van der Waals surface area (Å²) < 4.78 is 42.4. The first-order valence-corrected chi connectivity index (χ1v) is 28.5. The van der Waals surface area contributed by atoms with Crippen molar-refractivity contribution < 1.29 is 88.1 Å². The molecule has 0 saturated carbocycles. The monoisotopic (exact) mass is 1160 g/mol. The molecule has 9 N–H and O–H groups in total. The summed E-state index contributed by atoms with van der Waals surface area (Å²) >= 11 is 1.77. The van der Waals surface area contributed by atoms with E-state index in [-0.39, 0.29) is 73.1 Å². The Kier molecular flexibility index (Phi) is 21.3. The number of aliphatic hydroxyl groups excluding tert-OH is 4. The normalized spacial score (nSPS) is 26.3. The van der Waals surface area contributed by atoms with Crippen LogP contribution in [-0.4, -0.2) is 219 Å². The molecule has 26 heteroatoms. The molecule has 0 spiro atoms. The number of carbonyl (C=O) groups excluding carboxylic acids is 4. The Morgan fingerprint density at radius 3 is 2.35 bits per heavy atom. The van der Waals surface area contributed by atoms with Gasteiger partial charge in [-0.2, -0.15) is 11.8 Å². The maximum absolute atomic E-state index is 14.0. The van der Waals surface area contributed by atoms with Crippen LogP contribution >= 0.6 is 11.8 Å². The number of aromatic nitrogens is 2. The summed E-state index contributed by atoms with van der Waals surface area (Å²) in [5.41, 5.74) is -4.49. The number of nitrogens with zero attached hydrogens (tertiary/aromatic N) is 3. The smallest absolute Gasteiger partial charge is 0.333 e. The van der Waals surface area contributed by atoms with Crippen LogP contribution in [0.1, 0.15) is 106 Å². The number of aliphatic hydroxyl groups is 5. The molecule has 0 radical (unpaired) electrons. The number of phenols is 2. The number of benzene rings is 2. The Bertz CT molecular complexity index is 2870. The third kappa shape index (κ3) is 14.1. The average Bonchev–Trinajstić information content (AvgIpc) is 4.12. The highest BCUT2D eigenvalue weighted by molar-refractivity contribution is 7.99. The number of aryl methyl sites for hydroxylation is 1. The second-order valence-corrected chi connectivity index (χ2v) is 22.4. The predicted octanol–water partition coefficient (Wildman–Crippen LogP) is -0.641. The highest BCUT2D eigenvalue weighted by atomic mass is 32.2. The van der Waals surface area contributed by atoms with Crippen molar-refractivity contribution >= 4 is 35.0 Å². The van der Waals surface area contributed by atoms with Crippen molar-refractivity contribution in [3.8, 4) is 17.2 Å². The van der Waals surface area contributed by atoms with Gasteiger partial charge in [-0.15, -0.1) is 0 Å². The van der Waals surface area contributed by atoms with Crippen molar-refractivity contribution in [2.45, 2.75) is 125 Å². The molecule has 0 bridgehead atoms. The average molecular weight is 1160 g/mol. The van der Waals surface area contributed by atoms with Crippen molar-refractivity contribution in [3.63, 3.8) is 0 Å². The standard InChI is InChI=1S/C55H75N5O20S/c1-30-26-60(42-23-36(63)39(28-61)79-42)54(72)59(53(30)71)14-16-76-18-20-77-19-17-75-15-11-57-41(65)9-21-81-32-8-13-58(27-32)12-5-10-56-35-22-43(78-31(2)48(35)66)80-38-25-55(73,40(64)29-62)24-34-45(38)52(70)47-46(50(34)68)49(67)33-6-4-7-37(74-3)44(33)51(47)69/h4,6-7,26,31-32,35-36,38-39,42-43,48,56,61-63,66,68,70,73H,5,8-25,27-29H2,1-3H3,(H,57,65)/t31-,32?,35-,36-,38-,39+,42+,43?,48+,55-/m0/s1. The lowest BCUT2D eigenvalue weighted by molar-refractivity contribution is -0.249. The van der Waals surface area contributed by atoms with Gasteiger partial charge < -0.3 is 84.4 Å². The van der Waals surface area contributed by atoms with Gasteiger partial charge in [0.15, 0.2) is 17.9 Å². The van der Waals surface area contributed by atoms with Crippen LogP contribution in [0.5, 0.6) is 17.2 Å². The molecule has 446 valence electrons. The van der Waals surface area contributed by atoms with E-state index in [0.29, 0.717) is 55.9 Å². The maximum Gasteiger partial charge on any atom is 0.333 e. The minimum absolute atomic E-state index is 0.00879. The highest BCUT2D eigenvalue weighted by Gasteiger charge is 2.50. The second-order valence-electron chi connectivity index (χ2n) is 21.0. The molecule has 3 aromatic rings. The van der Waals surface area contributed by atoms with E-state index in [1.807, 2.05) is 0 Å². The van der Waals surface area contributed by atoms with E-state index < -0.39 is 132 Å². The van der Waals surface area contributed by atoms with Crippen LogP contribution in [0.25, 0.3) is 0 Å². The number of ether oxygens (including phenoxy) is 7. The van der Waals surface area contributed by atoms with E-state index in [1.165, 1.54) is 36.1 Å². The molecule has 1 amide bonds. The molecule has 81 heavy (non-hydrogen) atoms. The number of phenolic OH excluding ortho intramolecular Hbond substituents is 2. The first-order valence-electron chi connectivity index (χ1n) is 27.5. The maximum atomic E-state index is 14.0. The molecule has 3 aliphatic heterocycles. The fourth-order valence-electron chi connectivity index (χ4n) is 11.2. The zero-order chi connectivity index (χ0) is 58.1. The Labute approximate surface area is 471 Å². The van der Waals surface area contributed by atoms with Gasteiger partial charge in [0.2, 0.25) is 11.7 Å². The van der Waals surface area contributed by atoms with Crippen LogP contribution in [0.3, 0.4) is 0 Å². The third-order valence-corrected chi connectivity index (χ3v) is 16.9. The van der Waals surface area contributed by atoms with Crippen molar-refractivity contribution in [3.05, 3.63) is 84.2 Å². The quantitative estimate of drug-likeness (QED) is 0.0252. The topological polar surface area (TPSA) is 346 Å². The Morgan fingerprint density at radius 2 is 1.63 bits per heavy atom. The molecule has 8 rings (SSSR count). The molecule has 4 heterocycles. The Balaban J connectivity index is 0.699. The van der Waals surface area contributed by atoms with Crippen LogP contribution in [-0.2, 0) is 51.0 Å². The van der Waals surface area contributed by atoms with Crippen LogP contribution in [0.2, 0.25) is 0 Å². The van der Waals surface area contributed by atoms with Crippen molar-refractivity contribution in [1.82, 2.24) is 24.7 Å². The number of likely N-dealkylation sites (tertiary alicyclic amines) is 1. The number of aromatic hydroxyl groups is 2. The first kappa shape index (κ1) is 61.9. The number of hydrogen-bond donors (Lipinski definition) is 9. The lowest BCUT2D eigenvalue weighted by Crippen LogP contribution is -2.55. The Hall–Kier alpha value is -5.17. The van der Waals surface area contributed by atoms with Gasteiger partial charge in [0.1, 0.15) is 41.8 Å². The molecule has 2 unspecified atom stereocenters. The van der Waals surface area contributed by atoms with Gasteiger partial charge in [0, 0.05) is 90.7 Å². The van der Waals surface area contributed by atoms with E-state index >= 15 is 0 Å². The van der Waals surface area contributed by atoms with Crippen LogP contribution in [0.15, 0.2) is 34.0 Å². The first-order chi connectivity index (χ1) is 38.9. The molecule has 3 fully saturated rings. The van der Waals surface area contributed by atoms with Gasteiger partial charge in [-0.1, -0.05) is 12.1 Å². The number of ketones is 3. The SMILES string of the molecule is COc1cccc2c1C(=O)c1c(O)c3c(c(O)c1C2=O)C[C@@](O)(C(=O)CO)C[C@@H]3OC1C[C@H](NCCCN2CCC(SCCC(=O)NCCOCCOCCOCCn3c(=O)c(C)cn([C@H]4C[C@H](O)[C@@H](CO)O4)c3=O)C2)[C@H](O)[C@H](C)O1. The van der Waals surface area contributed by atoms with E-state index in [0.717, 1.165) is 37.0 Å². The highest BCUT2D eigenvalue weighted by Crippen LogP contribution is 2.52. The lowest BCUT2D eigenvalue weighted by atomic mass is 9.72. The van der Waals surface area contributed by atoms with E-state index in [4.69, 9.17) is 33.2 Å². The number of thioether (sulfide) groups is 1. The molecule has 25 nitrogen and oxygen atoms in total. The van der Waals surface area contributed by atoms with Gasteiger partial charge >= 0.3 is 5.69 Å². The van der Waals surface area contributed by atoms with Crippen LogP contribution < -0.4 is 26.6 Å². The number of methoxy groups -OCH3 is 1. The Morgan fingerprint density at radius 1 is 0.901 bits per heavy atom. The van der Waals surface area contributed by atoms with E-state index in [9.17, 15) is 64.5 Å². The minimum atomic E-state index is -2.30. The van der Waals surface area contributed by atoms with Crippen LogP contribution in [0.4, 0.5) is 0 Å². The zero-order valence-corrected chi connectivity index (χ0v) is 46.6. The number of nitrogens with one attached hydrogen (secondary N) is 2. The number of carbonyl (C=O) groups is 4. The largest absolute Gasteiger partial charge is 0.507 e. The molecule has 5 aliphatic rings. The lowest BCUT2D eigenvalue weighted by Gasteiger charge is -2.43. The molecule has 10 atom stereocenters. The fraction of sp³-hybridized carbons (Fsp3) is 0.636. The van der Waals surface area contributed by atoms with Gasteiger partial charge in [-0.3, -0.25) is 33.1 Å². The zero-order valence-electron chi connectivity index (χ0n) is 45.7. The van der Waals surface area contributed by atoms with Gasteiger partial charge in [-0.05, 0) is 52.4 Å². The summed E-state index contributed by atoms with van der Waals surface area (Å²) in [6, 6.07) is 3.85. The van der Waals surface area contributed by atoms with Gasteiger partial charge in [0.05, 0.1) is 101 Å². The third-order valence-electron chi connectivity index (χ3n) is 15.6. The number of hydrogen-bond acceptors (Lipinski definition) is 23. The number of rotatable bonds is 28. The van der Waals surface area contributed by atoms with Gasteiger partial charge in [-0.25, -0.2) is 4.79 Å². The summed E-state index contributed by atoms with van der Waals surface area (Å²) in [6.07, 6.45) is -4.10. The predicted molar refractivity (Wildman–Crippen MR) is 289 cm³/mol. The molecule has 2 aliphatic carbocycles. The fourth-order valence-corrected chi connectivity index (χ4v) is 12.4. The van der Waals surface area contributed by atoms with Crippen LogP contribution in [0, 0.1) is 6.92 Å². The number of amides is 1. The minimum Gasteiger partial charge on any atom is -0.507 e. The van der Waals surface area contributed by atoms with E-state index in [2.05, 4.69) is 15.5 Å². The van der Waals surface area contributed by atoms with Crippen molar-refractivity contribution in [2.75, 3.05) is 98.4 Å². The summed E-state index contributed by atoms with van der Waals surface area (Å²) in [7, 11) is 1.33. The summed E-state index contributed by atoms with van der Waals surface area (Å²) in [5, 5.41) is 82.4. The van der Waals surface area contributed by atoms with Crippen molar-refractivity contribution in [2.24, 2.45) is 0 Å². The summed E-state index contributed by atoms with van der Waals surface area (Å²) in [4.78, 5) is 81.6. The number of Topliss-reactive ketones (excluding diaryl/α,β-unsaturated/α-hetero) is 1. The molecular formula is C55H75N5O20S. The second kappa shape index (κ2) is 27.9. The molecular weight excluding hydrogens is 1080 g/mol. The van der Waals surface area contributed by atoms with Crippen molar-refractivity contribution in [1.29, 1.82) is 0 Å². The van der Waals surface area contributed by atoms with Gasteiger partial charge in [0.25, 0.3) is 5.56 Å². The summed E-state index contributed by atoms with van der Waals surface area (Å²) in [6.45, 7) is 6.78.